The summed E-state index contributed by atoms with van der Waals surface area (Å²) in [4.78, 5) is 5.47. The van der Waals surface area contributed by atoms with Crippen molar-refractivity contribution >= 4 is 139 Å². The van der Waals surface area contributed by atoms with Gasteiger partial charge in [0.05, 0.1) is 45.7 Å². The number of ether oxygens (including phenoxy) is 1. The molecule has 0 saturated carbocycles. The SMILES string of the molecule is Cc1cc(N=Nc2c(S(=O)(=O)O)cc3c(S(=O)(=O)O)c(N=Nc4c(-c5ccccc5)c(C#N)c5nc6ccccc6n5c4O)ccc3c2O)c(OCCCS(=O)(=O)O)cc1N=Nc1nc2c(S(=O)(=O)O)cc(NS(C)(=O)=O)cc2s1. The number of aromatic hydroxyl groups is 2. The van der Waals surface area contributed by atoms with Gasteiger partial charge in [-0.1, -0.05) is 53.8 Å². The number of anilines is 1. The van der Waals surface area contributed by atoms with Gasteiger partial charge in [0.1, 0.15) is 54.6 Å². The normalized spacial score (nSPS) is 13.0. The molecule has 0 saturated heterocycles. The molecular formula is C46H35N11O17S6. The molecule has 0 fully saturated rings. The number of hydrogen-bond acceptors (Lipinski definition) is 23. The van der Waals surface area contributed by atoms with Gasteiger partial charge in [0, 0.05) is 22.4 Å². The molecule has 6 aromatic carbocycles. The molecule has 0 radical (unpaired) electrons. The van der Waals surface area contributed by atoms with Crippen LogP contribution in [0.25, 0.3) is 48.8 Å². The smallest absolute Gasteiger partial charge is 0.297 e. The second kappa shape index (κ2) is 20.9. The lowest BCUT2D eigenvalue weighted by atomic mass is 9.99. The summed E-state index contributed by atoms with van der Waals surface area (Å²) in [5.41, 5.74) is -1.62. The van der Waals surface area contributed by atoms with Crippen LogP contribution in [0, 0.1) is 18.3 Å². The second-order valence-corrected chi connectivity index (χ2v) is 25.5. The number of thiazole rings is 1. The van der Waals surface area contributed by atoms with E-state index >= 15 is 0 Å². The van der Waals surface area contributed by atoms with Crippen molar-refractivity contribution in [3.05, 3.63) is 108 Å². The molecule has 9 rings (SSSR count). The summed E-state index contributed by atoms with van der Waals surface area (Å²) in [5.74, 6) is -2.77. The Hall–Kier alpha value is -8.50. The van der Waals surface area contributed by atoms with Gasteiger partial charge >= 0.3 is 0 Å². The fourth-order valence-corrected chi connectivity index (χ4v) is 12.2. The number of hydrogen-bond donors (Lipinski definition) is 7. The van der Waals surface area contributed by atoms with E-state index in [1.165, 1.54) is 29.5 Å². The lowest BCUT2D eigenvalue weighted by Crippen LogP contribution is -2.10. The monoisotopic (exact) mass is 1210 g/mol. The maximum Gasteiger partial charge on any atom is 0.297 e. The van der Waals surface area contributed by atoms with Crippen molar-refractivity contribution in [3.63, 3.8) is 0 Å². The summed E-state index contributed by atoms with van der Waals surface area (Å²) in [5, 5.41) is 56.9. The Kier molecular flexibility index (Phi) is 14.7. The van der Waals surface area contributed by atoms with Gasteiger partial charge in [0.25, 0.3) is 40.5 Å². The van der Waals surface area contributed by atoms with E-state index in [1.807, 2.05) is 0 Å². The minimum atomic E-state index is -5.53. The van der Waals surface area contributed by atoms with Crippen molar-refractivity contribution in [2.45, 2.75) is 28.0 Å². The van der Waals surface area contributed by atoms with Gasteiger partial charge < -0.3 is 14.9 Å². The van der Waals surface area contributed by atoms with Crippen LogP contribution in [0.5, 0.6) is 17.4 Å². The molecule has 3 aromatic heterocycles. The number of benzene rings is 6. The van der Waals surface area contributed by atoms with Crippen molar-refractivity contribution in [2.24, 2.45) is 30.7 Å². The number of nitriles is 1. The van der Waals surface area contributed by atoms with Crippen LogP contribution in [0.4, 0.5) is 39.3 Å². The molecule has 0 aliphatic heterocycles. The molecule has 3 heterocycles. The van der Waals surface area contributed by atoms with E-state index in [0.29, 0.717) is 22.7 Å². The van der Waals surface area contributed by atoms with Crippen LogP contribution in [0.2, 0.25) is 0 Å². The molecule has 0 spiro atoms. The second-order valence-electron chi connectivity index (χ2n) is 17.1. The molecule has 80 heavy (non-hydrogen) atoms. The number of nitrogens with one attached hydrogen (secondary N) is 1. The first-order valence-electron chi connectivity index (χ1n) is 22.3. The van der Waals surface area contributed by atoms with Gasteiger partial charge in [0.2, 0.25) is 21.0 Å². The van der Waals surface area contributed by atoms with Crippen molar-refractivity contribution < 1.29 is 75.2 Å². The Morgan fingerprint density at radius 1 is 0.700 bits per heavy atom. The zero-order valence-electron chi connectivity index (χ0n) is 40.5. The number of nitrogens with zero attached hydrogens (tertiary/aromatic N) is 10. The molecule has 0 bridgehead atoms. The Bertz CT molecular complexity index is 4830. The average Bonchev–Trinajstić information content (AvgIpc) is 4.10. The molecule has 0 unspecified atom stereocenters. The van der Waals surface area contributed by atoms with E-state index in [-0.39, 0.29) is 72.6 Å². The molecule has 34 heteroatoms. The number of phenolic OH excluding ortho intramolecular Hbond substituents is 1. The molecule has 0 aliphatic rings. The van der Waals surface area contributed by atoms with E-state index in [4.69, 9.17) is 4.74 Å². The Morgan fingerprint density at radius 3 is 2.02 bits per heavy atom. The molecule has 9 aromatic rings. The first-order valence-corrected chi connectivity index (χ1v) is 30.9. The summed E-state index contributed by atoms with van der Waals surface area (Å²) in [6.45, 7) is 1.03. The van der Waals surface area contributed by atoms with Gasteiger partial charge in [-0.2, -0.15) is 38.9 Å². The Morgan fingerprint density at radius 2 is 1.36 bits per heavy atom. The summed E-state index contributed by atoms with van der Waals surface area (Å²) in [6.07, 6.45) is 0.510. The highest BCUT2D eigenvalue weighted by Crippen LogP contribution is 2.49. The van der Waals surface area contributed by atoms with Gasteiger partial charge in [-0.05, 0) is 73.0 Å². The summed E-state index contributed by atoms with van der Waals surface area (Å²) >= 11 is 0.737. The third-order valence-electron chi connectivity index (χ3n) is 11.4. The van der Waals surface area contributed by atoms with Crippen molar-refractivity contribution in [2.75, 3.05) is 23.3 Å². The van der Waals surface area contributed by atoms with Crippen molar-refractivity contribution in [3.8, 4) is 34.6 Å². The number of aryl methyl sites for hydroxylation is 1. The number of phenols is 1. The number of aromatic nitrogens is 3. The van der Waals surface area contributed by atoms with E-state index in [2.05, 4.69) is 51.4 Å². The van der Waals surface area contributed by atoms with Crippen LogP contribution in [0.3, 0.4) is 0 Å². The van der Waals surface area contributed by atoms with E-state index in [1.54, 1.807) is 54.6 Å². The molecule has 412 valence electrons. The zero-order valence-corrected chi connectivity index (χ0v) is 45.4. The topological polar surface area (TPSA) is 441 Å². The quantitative estimate of drug-likeness (QED) is 0.0253. The standard InChI is InChI=1S/C46H35N11O17S6/c1-23-17-32(34(74-15-8-16-77(62,63)64)21-31(23)51-55-46-49-39-35(75-46)18-25(56-76(2,60)61)19-36(39)78(65,66)67)52-53-40-37(79(68,69)70)20-27-26(42(40)58)13-14-30(43(27)80(71,72)73)50-54-41-38(24-9-4-3-5-10-24)28(22-47)44-48-29-11-6-7-12-33(29)57(44)45(41)59/h3-7,9-14,17-21,56,58-59H,8,15-16H2,1-2H3,(H,62,63,64)(H,65,66,67)(H,68,69,70)(H,71,72,73). The van der Waals surface area contributed by atoms with Gasteiger partial charge in [-0.25, -0.2) is 18.4 Å². The minimum Gasteiger partial charge on any atom is -0.505 e. The lowest BCUT2D eigenvalue weighted by Gasteiger charge is -2.14. The summed E-state index contributed by atoms with van der Waals surface area (Å²) < 4.78 is 174. The maximum absolute atomic E-state index is 13.3. The summed E-state index contributed by atoms with van der Waals surface area (Å²) in [6, 6.07) is 23.8. The van der Waals surface area contributed by atoms with Crippen molar-refractivity contribution in [1.82, 2.24) is 14.4 Å². The molecular weight excluding hydrogens is 1170 g/mol. The number of pyridine rings is 1. The molecule has 0 atom stereocenters. The highest BCUT2D eigenvalue weighted by atomic mass is 32.2. The number of sulfonamides is 1. The average molecular weight is 1210 g/mol. The van der Waals surface area contributed by atoms with E-state index in [9.17, 15) is 75.8 Å². The van der Waals surface area contributed by atoms with Gasteiger partial charge in [0.15, 0.2) is 17.1 Å². The van der Waals surface area contributed by atoms with E-state index < -0.39 is 111 Å². The third-order valence-corrected chi connectivity index (χ3v) is 16.4. The first kappa shape index (κ1) is 56.2. The van der Waals surface area contributed by atoms with E-state index in [0.717, 1.165) is 35.8 Å². The zero-order chi connectivity index (χ0) is 57.9. The fourth-order valence-electron chi connectivity index (χ4n) is 8.16. The minimum absolute atomic E-state index is 0.0139. The highest BCUT2D eigenvalue weighted by Gasteiger charge is 2.30. The lowest BCUT2D eigenvalue weighted by molar-refractivity contribution is 0.317. The number of fused-ring (bicyclic) bond motifs is 5. The van der Waals surface area contributed by atoms with Crippen LogP contribution in [-0.4, -0.2) is 103 Å². The van der Waals surface area contributed by atoms with Crippen LogP contribution in [0.15, 0.2) is 142 Å². The molecule has 7 N–H and O–H groups in total. The molecule has 28 nitrogen and oxygen atoms in total. The number of imidazole rings is 1. The van der Waals surface area contributed by atoms with Crippen LogP contribution in [-0.2, 0) is 50.5 Å². The first-order chi connectivity index (χ1) is 37.5. The molecule has 0 aliphatic carbocycles. The number of rotatable bonds is 17. The number of azo groups is 3. The summed E-state index contributed by atoms with van der Waals surface area (Å²) in [7, 11) is -24.4. The Labute approximate surface area is 455 Å². The number of para-hydroxylation sites is 2. The fraction of sp³-hybridized carbons (Fsp3) is 0.109. The van der Waals surface area contributed by atoms with Crippen LogP contribution in [0.1, 0.15) is 17.5 Å². The van der Waals surface area contributed by atoms with Crippen LogP contribution < -0.4 is 9.46 Å². The maximum atomic E-state index is 13.3. The molecule has 0 amide bonds. The van der Waals surface area contributed by atoms with Crippen molar-refractivity contribution in [1.29, 1.82) is 5.26 Å². The Balaban J connectivity index is 1.15. The predicted octanol–water partition coefficient (Wildman–Crippen LogP) is 9.52. The third kappa shape index (κ3) is 11.6. The largest absolute Gasteiger partial charge is 0.505 e. The van der Waals surface area contributed by atoms with Gasteiger partial charge in [-0.3, -0.25) is 27.3 Å². The predicted molar refractivity (Wildman–Crippen MR) is 288 cm³/mol. The van der Waals surface area contributed by atoms with Crippen LogP contribution >= 0.6 is 11.3 Å². The van der Waals surface area contributed by atoms with Gasteiger partial charge in [-0.15, -0.1) is 30.7 Å². The highest BCUT2D eigenvalue weighted by molar-refractivity contribution is 7.92.